The van der Waals surface area contributed by atoms with E-state index in [1.54, 1.807) is 37.4 Å². The van der Waals surface area contributed by atoms with Crippen LogP contribution in [-0.2, 0) is 0 Å². The molecule has 1 aromatic heterocycles. The third-order valence-electron chi connectivity index (χ3n) is 3.46. The normalized spacial score (nSPS) is 10.8. The van der Waals surface area contributed by atoms with Crippen molar-refractivity contribution in [1.82, 2.24) is 5.43 Å². The third-order valence-corrected chi connectivity index (χ3v) is 5.12. The lowest BCUT2D eigenvalue weighted by Gasteiger charge is -1.98. The van der Waals surface area contributed by atoms with E-state index >= 15 is 0 Å². The number of hydrogen-bond donors (Lipinski definition) is 1. The molecule has 7 heteroatoms. The molecule has 0 saturated heterocycles. The molecular weight excluding hydrogens is 358 g/mol. The van der Waals surface area contributed by atoms with E-state index < -0.39 is 0 Å². The summed E-state index contributed by atoms with van der Waals surface area (Å²) in [5.74, 6) is 0.325. The first-order valence-corrected chi connectivity index (χ1v) is 8.41. The first-order chi connectivity index (χ1) is 12.1. The molecule has 2 aromatic carbocycles. The van der Waals surface area contributed by atoms with Gasteiger partial charge in [-0.1, -0.05) is 23.7 Å². The topological polar surface area (TPSA) is 74.5 Å². The van der Waals surface area contributed by atoms with Gasteiger partial charge in [0.1, 0.15) is 10.6 Å². The van der Waals surface area contributed by atoms with E-state index in [0.717, 1.165) is 15.6 Å². The number of nitrogens with zero attached hydrogens (tertiary/aromatic N) is 2. The van der Waals surface area contributed by atoms with Gasteiger partial charge in [-0.25, -0.2) is 5.43 Å². The van der Waals surface area contributed by atoms with Crippen molar-refractivity contribution in [1.29, 1.82) is 5.26 Å². The number of ether oxygens (including phenoxy) is 1. The van der Waals surface area contributed by atoms with Crippen LogP contribution in [0.5, 0.6) is 5.75 Å². The van der Waals surface area contributed by atoms with Crippen molar-refractivity contribution in [2.24, 2.45) is 5.10 Å². The Balaban J connectivity index is 1.76. The zero-order chi connectivity index (χ0) is 17.8. The molecule has 5 nitrogen and oxygen atoms in total. The van der Waals surface area contributed by atoms with Crippen LogP contribution in [0.2, 0.25) is 5.02 Å². The summed E-state index contributed by atoms with van der Waals surface area (Å²) in [5.41, 5.74) is 3.80. The van der Waals surface area contributed by atoms with E-state index in [-0.39, 0.29) is 5.91 Å². The lowest BCUT2D eigenvalue weighted by Crippen LogP contribution is -2.16. The fourth-order valence-electron chi connectivity index (χ4n) is 2.18. The Morgan fingerprint density at radius 2 is 2.08 bits per heavy atom. The van der Waals surface area contributed by atoms with Gasteiger partial charge in [0, 0.05) is 10.1 Å². The average Bonchev–Trinajstić information content (AvgIpc) is 2.98. The lowest BCUT2D eigenvalue weighted by molar-refractivity contribution is 0.0959. The molecule has 0 unspecified atom stereocenters. The number of nitrogens with one attached hydrogen (secondary N) is 1. The number of amides is 1. The lowest BCUT2D eigenvalue weighted by atomic mass is 10.2. The Hall–Kier alpha value is -2.88. The van der Waals surface area contributed by atoms with E-state index in [2.05, 4.69) is 10.5 Å². The number of fused-ring (bicyclic) bond motifs is 1. The molecule has 1 amide bonds. The first-order valence-electron chi connectivity index (χ1n) is 7.22. The number of rotatable bonds is 4. The predicted molar refractivity (Wildman–Crippen MR) is 99.6 cm³/mol. The molecule has 0 aliphatic carbocycles. The number of methoxy groups -OCH3 is 1. The summed E-state index contributed by atoms with van der Waals surface area (Å²) in [6.45, 7) is 0. The van der Waals surface area contributed by atoms with Gasteiger partial charge in [0.05, 0.1) is 30.0 Å². The van der Waals surface area contributed by atoms with Gasteiger partial charge in [-0.05, 0) is 35.9 Å². The van der Waals surface area contributed by atoms with Crippen LogP contribution in [0.15, 0.2) is 47.6 Å². The Kier molecular flexibility index (Phi) is 4.98. The maximum Gasteiger partial charge on any atom is 0.283 e. The predicted octanol–water partition coefficient (Wildman–Crippen LogP) is 4.20. The van der Waals surface area contributed by atoms with Crippen molar-refractivity contribution in [3.8, 4) is 11.8 Å². The Morgan fingerprint density at radius 3 is 2.76 bits per heavy atom. The van der Waals surface area contributed by atoms with Crippen molar-refractivity contribution in [2.75, 3.05) is 7.11 Å². The van der Waals surface area contributed by atoms with Gasteiger partial charge < -0.3 is 4.74 Å². The van der Waals surface area contributed by atoms with E-state index in [4.69, 9.17) is 21.6 Å². The van der Waals surface area contributed by atoms with Crippen molar-refractivity contribution >= 4 is 45.1 Å². The summed E-state index contributed by atoms with van der Waals surface area (Å²) < 4.78 is 6.05. The molecular formula is C18H12ClN3O2S. The number of benzene rings is 2. The maximum absolute atomic E-state index is 12.3. The molecule has 0 aliphatic heterocycles. The third kappa shape index (κ3) is 3.63. The minimum absolute atomic E-state index is 0.380. The number of carbonyl (C=O) groups is 1. The molecule has 0 fully saturated rings. The fourth-order valence-corrected chi connectivity index (χ4v) is 3.61. The van der Waals surface area contributed by atoms with Gasteiger partial charge in [-0.15, -0.1) is 11.3 Å². The summed E-state index contributed by atoms with van der Waals surface area (Å²) in [4.78, 5) is 12.7. The summed E-state index contributed by atoms with van der Waals surface area (Å²) in [5, 5.41) is 13.9. The van der Waals surface area contributed by atoms with Gasteiger partial charge in [0.25, 0.3) is 5.91 Å². The number of thiophene rings is 1. The zero-order valence-corrected chi connectivity index (χ0v) is 14.7. The highest BCUT2D eigenvalue weighted by atomic mass is 35.5. The fraction of sp³-hybridized carbons (Fsp3) is 0.0556. The number of carbonyl (C=O) groups excluding carboxylic acids is 1. The quantitative estimate of drug-likeness (QED) is 0.553. The second kappa shape index (κ2) is 7.34. The molecule has 3 rings (SSSR count). The number of hydrazone groups is 1. The number of halogens is 1. The molecule has 25 heavy (non-hydrogen) atoms. The Bertz CT molecular complexity index is 1000. The van der Waals surface area contributed by atoms with Crippen LogP contribution in [0, 0.1) is 11.3 Å². The monoisotopic (exact) mass is 369 g/mol. The molecule has 1 heterocycles. The van der Waals surface area contributed by atoms with Gasteiger partial charge in [-0.2, -0.15) is 10.4 Å². The summed E-state index contributed by atoms with van der Waals surface area (Å²) in [6, 6.07) is 14.3. The molecule has 0 spiro atoms. The zero-order valence-electron chi connectivity index (χ0n) is 13.1. The molecule has 3 aromatic rings. The Morgan fingerprint density at radius 1 is 1.32 bits per heavy atom. The molecule has 1 N–H and O–H groups in total. The highest BCUT2D eigenvalue weighted by molar-refractivity contribution is 7.21. The number of nitriles is 1. The molecule has 124 valence electrons. The smallest absolute Gasteiger partial charge is 0.283 e. The van der Waals surface area contributed by atoms with E-state index in [9.17, 15) is 4.79 Å². The Labute approximate surface area is 153 Å². The summed E-state index contributed by atoms with van der Waals surface area (Å²) in [6.07, 6.45) is 1.50. The molecule has 0 radical (unpaired) electrons. The van der Waals surface area contributed by atoms with Crippen molar-refractivity contribution < 1.29 is 9.53 Å². The SMILES string of the molecule is COc1ccc2c(Cl)c(C(=O)NN=Cc3ccc(C#N)cc3)sc2c1. The summed E-state index contributed by atoms with van der Waals surface area (Å²) >= 11 is 7.58. The maximum atomic E-state index is 12.3. The number of hydrogen-bond acceptors (Lipinski definition) is 5. The minimum atomic E-state index is -0.380. The van der Waals surface area contributed by atoms with Crippen molar-refractivity contribution in [3.63, 3.8) is 0 Å². The van der Waals surface area contributed by atoms with Crippen molar-refractivity contribution in [3.05, 3.63) is 63.5 Å². The standard InChI is InChI=1S/C18H12ClN3O2S/c1-24-13-6-7-14-15(8-13)25-17(16(14)19)18(23)22-21-10-12-4-2-11(9-20)3-5-12/h2-8,10H,1H3,(H,22,23). The summed E-state index contributed by atoms with van der Waals surface area (Å²) in [7, 11) is 1.59. The second-order valence-corrected chi connectivity index (χ2v) is 6.47. The van der Waals surface area contributed by atoms with Crippen LogP contribution < -0.4 is 10.2 Å². The van der Waals surface area contributed by atoms with Crippen LogP contribution in [0.25, 0.3) is 10.1 Å². The van der Waals surface area contributed by atoms with Crippen LogP contribution in [-0.4, -0.2) is 19.2 Å². The molecule has 0 atom stereocenters. The van der Waals surface area contributed by atoms with Crippen LogP contribution in [0.4, 0.5) is 0 Å². The molecule has 0 bridgehead atoms. The van der Waals surface area contributed by atoms with Crippen LogP contribution in [0.3, 0.4) is 0 Å². The van der Waals surface area contributed by atoms with E-state index in [0.29, 0.717) is 21.2 Å². The largest absolute Gasteiger partial charge is 0.497 e. The van der Waals surface area contributed by atoms with Gasteiger partial charge in [-0.3, -0.25) is 4.79 Å². The van der Waals surface area contributed by atoms with Gasteiger partial charge in [0.15, 0.2) is 0 Å². The molecule has 0 saturated carbocycles. The van der Waals surface area contributed by atoms with Crippen LogP contribution >= 0.6 is 22.9 Å². The van der Waals surface area contributed by atoms with E-state index in [1.807, 2.05) is 18.2 Å². The van der Waals surface area contributed by atoms with Crippen molar-refractivity contribution in [2.45, 2.75) is 0 Å². The minimum Gasteiger partial charge on any atom is -0.497 e. The highest BCUT2D eigenvalue weighted by Crippen LogP contribution is 2.37. The van der Waals surface area contributed by atoms with Gasteiger partial charge >= 0.3 is 0 Å². The molecule has 0 aliphatic rings. The van der Waals surface area contributed by atoms with Gasteiger partial charge in [0.2, 0.25) is 0 Å². The van der Waals surface area contributed by atoms with Crippen LogP contribution in [0.1, 0.15) is 20.8 Å². The second-order valence-electron chi connectivity index (χ2n) is 5.04. The van der Waals surface area contributed by atoms with E-state index in [1.165, 1.54) is 17.6 Å². The average molecular weight is 370 g/mol. The first kappa shape index (κ1) is 17.0. The highest BCUT2D eigenvalue weighted by Gasteiger charge is 2.17.